The molecule has 0 saturated heterocycles. The molecule has 18 heavy (non-hydrogen) atoms. The minimum Gasteiger partial charge on any atom is -0.495 e. The van der Waals surface area contributed by atoms with Gasteiger partial charge in [-0.15, -0.1) is 0 Å². The quantitative estimate of drug-likeness (QED) is 0.859. The summed E-state index contributed by atoms with van der Waals surface area (Å²) in [7, 11) is 1.54. The Bertz CT molecular complexity index is 609. The molecule has 0 unspecified atom stereocenters. The van der Waals surface area contributed by atoms with Crippen molar-refractivity contribution < 1.29 is 4.74 Å². The molecule has 0 amide bonds. The SMILES string of the molecule is COc1cc(C#N)ccc1Nc1cc(Cl)ncn1. The smallest absolute Gasteiger partial charge is 0.143 e. The summed E-state index contributed by atoms with van der Waals surface area (Å²) in [4.78, 5) is 7.82. The van der Waals surface area contributed by atoms with Crippen molar-refractivity contribution in [3.05, 3.63) is 41.3 Å². The Morgan fingerprint density at radius 1 is 1.33 bits per heavy atom. The molecule has 1 N–H and O–H groups in total. The Labute approximate surface area is 109 Å². The second kappa shape index (κ2) is 5.34. The van der Waals surface area contributed by atoms with Crippen LogP contribution in [0, 0.1) is 11.3 Å². The van der Waals surface area contributed by atoms with Gasteiger partial charge < -0.3 is 10.1 Å². The van der Waals surface area contributed by atoms with E-state index in [1.54, 1.807) is 24.3 Å². The van der Waals surface area contributed by atoms with E-state index in [9.17, 15) is 0 Å². The highest BCUT2D eigenvalue weighted by Crippen LogP contribution is 2.28. The fourth-order valence-electron chi connectivity index (χ4n) is 1.40. The van der Waals surface area contributed by atoms with E-state index < -0.39 is 0 Å². The minimum atomic E-state index is 0.347. The molecule has 0 atom stereocenters. The molecule has 0 saturated carbocycles. The molecular formula is C12H9ClN4O. The Balaban J connectivity index is 2.32. The fourth-order valence-corrected chi connectivity index (χ4v) is 1.55. The summed E-state index contributed by atoms with van der Waals surface area (Å²) in [6.07, 6.45) is 1.36. The molecule has 0 aliphatic carbocycles. The van der Waals surface area contributed by atoms with Gasteiger partial charge in [-0.3, -0.25) is 0 Å². The van der Waals surface area contributed by atoms with Crippen LogP contribution in [0.1, 0.15) is 5.56 Å². The summed E-state index contributed by atoms with van der Waals surface area (Å²) in [6.45, 7) is 0. The van der Waals surface area contributed by atoms with E-state index in [2.05, 4.69) is 15.3 Å². The van der Waals surface area contributed by atoms with E-state index in [4.69, 9.17) is 21.6 Å². The molecule has 0 fully saturated rings. The van der Waals surface area contributed by atoms with Gasteiger partial charge in [0.25, 0.3) is 0 Å². The fraction of sp³-hybridized carbons (Fsp3) is 0.0833. The summed E-state index contributed by atoms with van der Waals surface area (Å²) in [6, 6.07) is 8.72. The maximum Gasteiger partial charge on any atom is 0.143 e. The van der Waals surface area contributed by atoms with Gasteiger partial charge >= 0.3 is 0 Å². The minimum absolute atomic E-state index is 0.347. The van der Waals surface area contributed by atoms with Crippen molar-refractivity contribution in [1.82, 2.24) is 9.97 Å². The second-order valence-corrected chi connectivity index (χ2v) is 3.77. The van der Waals surface area contributed by atoms with Crippen molar-refractivity contribution >= 4 is 23.1 Å². The third-order valence-corrected chi connectivity index (χ3v) is 2.43. The zero-order chi connectivity index (χ0) is 13.0. The third kappa shape index (κ3) is 2.67. The van der Waals surface area contributed by atoms with Crippen molar-refractivity contribution in [1.29, 1.82) is 5.26 Å². The van der Waals surface area contributed by atoms with Crippen LogP contribution in [-0.4, -0.2) is 17.1 Å². The first-order valence-electron chi connectivity index (χ1n) is 5.05. The topological polar surface area (TPSA) is 70.8 Å². The molecule has 90 valence electrons. The Morgan fingerprint density at radius 3 is 2.83 bits per heavy atom. The lowest BCUT2D eigenvalue weighted by molar-refractivity contribution is 0.416. The van der Waals surface area contributed by atoms with Crippen molar-refractivity contribution in [3.8, 4) is 11.8 Å². The summed E-state index contributed by atoms with van der Waals surface area (Å²) in [5, 5.41) is 12.2. The zero-order valence-corrected chi connectivity index (χ0v) is 10.3. The number of hydrogen-bond acceptors (Lipinski definition) is 5. The molecular weight excluding hydrogens is 252 g/mol. The zero-order valence-electron chi connectivity index (χ0n) is 9.51. The number of rotatable bonds is 3. The first-order chi connectivity index (χ1) is 8.72. The van der Waals surface area contributed by atoms with Crippen molar-refractivity contribution in [2.24, 2.45) is 0 Å². The van der Waals surface area contributed by atoms with Gasteiger partial charge in [0, 0.05) is 12.1 Å². The summed E-state index contributed by atoms with van der Waals surface area (Å²) in [5.74, 6) is 1.11. The molecule has 1 heterocycles. The highest BCUT2D eigenvalue weighted by Gasteiger charge is 2.05. The number of anilines is 2. The molecule has 2 aromatic rings. The number of nitrogens with zero attached hydrogens (tertiary/aromatic N) is 3. The van der Waals surface area contributed by atoms with Gasteiger partial charge in [-0.2, -0.15) is 5.26 Å². The van der Waals surface area contributed by atoms with Gasteiger partial charge in [0.15, 0.2) is 0 Å². The maximum atomic E-state index is 8.81. The van der Waals surface area contributed by atoms with Crippen LogP contribution in [0.2, 0.25) is 5.15 Å². The molecule has 0 aliphatic heterocycles. The lowest BCUT2D eigenvalue weighted by Gasteiger charge is -2.10. The maximum absolute atomic E-state index is 8.81. The number of aromatic nitrogens is 2. The highest BCUT2D eigenvalue weighted by molar-refractivity contribution is 6.29. The van der Waals surface area contributed by atoms with Crippen LogP contribution in [0.15, 0.2) is 30.6 Å². The summed E-state index contributed by atoms with van der Waals surface area (Å²) >= 11 is 5.77. The van der Waals surface area contributed by atoms with Crippen LogP contribution < -0.4 is 10.1 Å². The predicted molar refractivity (Wildman–Crippen MR) is 68.0 cm³/mol. The number of methoxy groups -OCH3 is 1. The van der Waals surface area contributed by atoms with E-state index in [-0.39, 0.29) is 0 Å². The van der Waals surface area contributed by atoms with E-state index in [1.807, 2.05) is 6.07 Å². The standard InChI is InChI=1S/C12H9ClN4O/c1-18-10-4-8(6-14)2-3-9(10)17-12-5-11(13)15-7-16-12/h2-5,7H,1H3,(H,15,16,17). The summed E-state index contributed by atoms with van der Waals surface area (Å²) in [5.41, 5.74) is 1.23. The van der Waals surface area contributed by atoms with Gasteiger partial charge in [0.05, 0.1) is 24.4 Å². The molecule has 1 aromatic heterocycles. The molecule has 2 rings (SSSR count). The molecule has 0 spiro atoms. The molecule has 1 aromatic carbocycles. The van der Waals surface area contributed by atoms with Crippen LogP contribution in [0.25, 0.3) is 0 Å². The Kier molecular flexibility index (Phi) is 3.60. The first-order valence-corrected chi connectivity index (χ1v) is 5.43. The number of nitriles is 1. The largest absolute Gasteiger partial charge is 0.495 e. The Morgan fingerprint density at radius 2 is 2.17 bits per heavy atom. The van der Waals surface area contributed by atoms with E-state index >= 15 is 0 Å². The van der Waals surface area contributed by atoms with Gasteiger partial charge in [-0.25, -0.2) is 9.97 Å². The average molecular weight is 261 g/mol. The van der Waals surface area contributed by atoms with Crippen LogP contribution in [-0.2, 0) is 0 Å². The van der Waals surface area contributed by atoms with E-state index in [0.717, 1.165) is 0 Å². The first kappa shape index (κ1) is 12.1. The normalized spacial score (nSPS) is 9.61. The highest BCUT2D eigenvalue weighted by atomic mass is 35.5. The molecule has 5 nitrogen and oxygen atoms in total. The number of halogens is 1. The molecule has 0 radical (unpaired) electrons. The summed E-state index contributed by atoms with van der Waals surface area (Å²) < 4.78 is 5.20. The van der Waals surface area contributed by atoms with Crippen molar-refractivity contribution in [2.45, 2.75) is 0 Å². The molecule has 0 aliphatic rings. The Hall–Kier alpha value is -2.32. The molecule has 0 bridgehead atoms. The molecule has 6 heteroatoms. The van der Waals surface area contributed by atoms with Crippen LogP contribution >= 0.6 is 11.6 Å². The lowest BCUT2D eigenvalue weighted by Crippen LogP contribution is -1.97. The predicted octanol–water partition coefficient (Wildman–Crippen LogP) is 2.75. The van der Waals surface area contributed by atoms with Crippen LogP contribution in [0.4, 0.5) is 11.5 Å². The number of benzene rings is 1. The van der Waals surface area contributed by atoms with E-state index in [0.29, 0.717) is 28.0 Å². The van der Waals surface area contributed by atoms with Gasteiger partial charge in [-0.1, -0.05) is 11.6 Å². The van der Waals surface area contributed by atoms with Crippen molar-refractivity contribution in [3.63, 3.8) is 0 Å². The van der Waals surface area contributed by atoms with Crippen LogP contribution in [0.5, 0.6) is 5.75 Å². The average Bonchev–Trinajstić information content (AvgIpc) is 2.39. The second-order valence-electron chi connectivity index (χ2n) is 3.38. The monoisotopic (exact) mass is 260 g/mol. The van der Waals surface area contributed by atoms with Crippen LogP contribution in [0.3, 0.4) is 0 Å². The van der Waals surface area contributed by atoms with Gasteiger partial charge in [0.1, 0.15) is 23.0 Å². The van der Waals surface area contributed by atoms with Crippen molar-refractivity contribution in [2.75, 3.05) is 12.4 Å². The third-order valence-electron chi connectivity index (χ3n) is 2.23. The van der Waals surface area contributed by atoms with Gasteiger partial charge in [-0.05, 0) is 12.1 Å². The number of hydrogen-bond donors (Lipinski definition) is 1. The van der Waals surface area contributed by atoms with Gasteiger partial charge in [0.2, 0.25) is 0 Å². The number of ether oxygens (including phenoxy) is 1. The number of nitrogens with one attached hydrogen (secondary N) is 1. The van der Waals surface area contributed by atoms with E-state index in [1.165, 1.54) is 13.4 Å². The lowest BCUT2D eigenvalue weighted by atomic mass is 10.2.